The van der Waals surface area contributed by atoms with E-state index in [1.165, 1.54) is 0 Å². The quantitative estimate of drug-likeness (QED) is 0.633. The van der Waals surface area contributed by atoms with Crippen molar-refractivity contribution < 1.29 is 9.53 Å². The average Bonchev–Trinajstić information content (AvgIpc) is 2.78. The second-order valence-corrected chi connectivity index (χ2v) is 8.74. The standard InChI is InChI=1S/C25H26N4O2/c1-25(2,3)29-14-12-28(13-15-29)24(30)23-10-6-19-16-21(9-11-22(19)27-23)31-20-7-4-18(17-26)5-8-20/h4-11,16H,12-15H2,1-3H3. The SMILES string of the molecule is CC(C)(C)N1CCN(C(=O)c2ccc3cc(Oc4ccc(C#N)cc4)ccc3n2)CC1. The number of nitriles is 1. The van der Waals surface area contributed by atoms with Crippen LogP contribution in [0.3, 0.4) is 0 Å². The zero-order valence-electron chi connectivity index (χ0n) is 18.1. The molecule has 0 saturated carbocycles. The second-order valence-electron chi connectivity index (χ2n) is 8.74. The summed E-state index contributed by atoms with van der Waals surface area (Å²) in [6.07, 6.45) is 0. The number of fused-ring (bicyclic) bond motifs is 1. The zero-order chi connectivity index (χ0) is 22.0. The van der Waals surface area contributed by atoms with Crippen molar-refractivity contribution in [3.8, 4) is 17.6 Å². The van der Waals surface area contributed by atoms with Crippen molar-refractivity contribution >= 4 is 16.8 Å². The lowest BCUT2D eigenvalue weighted by Crippen LogP contribution is -2.54. The van der Waals surface area contributed by atoms with Crippen LogP contribution >= 0.6 is 0 Å². The smallest absolute Gasteiger partial charge is 0.272 e. The predicted molar refractivity (Wildman–Crippen MR) is 120 cm³/mol. The van der Waals surface area contributed by atoms with Crippen molar-refractivity contribution in [3.05, 3.63) is 65.9 Å². The van der Waals surface area contributed by atoms with Gasteiger partial charge in [0, 0.05) is 37.1 Å². The molecule has 0 atom stereocenters. The van der Waals surface area contributed by atoms with E-state index in [9.17, 15) is 4.79 Å². The Balaban J connectivity index is 1.46. The zero-order valence-corrected chi connectivity index (χ0v) is 18.1. The van der Waals surface area contributed by atoms with Gasteiger partial charge in [-0.3, -0.25) is 9.69 Å². The molecule has 0 N–H and O–H groups in total. The molecule has 4 rings (SSSR count). The summed E-state index contributed by atoms with van der Waals surface area (Å²) >= 11 is 0. The van der Waals surface area contributed by atoms with Crippen molar-refractivity contribution in [2.75, 3.05) is 26.2 Å². The second kappa shape index (κ2) is 8.37. The highest BCUT2D eigenvalue weighted by Crippen LogP contribution is 2.26. The number of nitrogens with zero attached hydrogens (tertiary/aromatic N) is 4. The molecular weight excluding hydrogens is 388 g/mol. The lowest BCUT2D eigenvalue weighted by molar-refractivity contribution is 0.0447. The fourth-order valence-corrected chi connectivity index (χ4v) is 3.76. The highest BCUT2D eigenvalue weighted by atomic mass is 16.5. The minimum Gasteiger partial charge on any atom is -0.457 e. The summed E-state index contributed by atoms with van der Waals surface area (Å²) in [4.78, 5) is 21.8. The van der Waals surface area contributed by atoms with Gasteiger partial charge in [0.25, 0.3) is 5.91 Å². The van der Waals surface area contributed by atoms with Gasteiger partial charge in [0.1, 0.15) is 17.2 Å². The van der Waals surface area contributed by atoms with Crippen molar-refractivity contribution in [2.24, 2.45) is 0 Å². The fraction of sp³-hybridized carbons (Fsp3) is 0.320. The molecule has 1 aliphatic heterocycles. The van der Waals surface area contributed by atoms with Crippen molar-refractivity contribution in [1.29, 1.82) is 5.26 Å². The molecule has 0 spiro atoms. The maximum absolute atomic E-state index is 13.0. The first kappa shape index (κ1) is 20.8. The summed E-state index contributed by atoms with van der Waals surface area (Å²) in [5, 5.41) is 9.80. The van der Waals surface area contributed by atoms with Gasteiger partial charge in [-0.05, 0) is 69.3 Å². The number of piperazine rings is 1. The third-order valence-corrected chi connectivity index (χ3v) is 5.61. The molecule has 6 nitrogen and oxygen atoms in total. The normalized spacial score (nSPS) is 15.0. The van der Waals surface area contributed by atoms with Gasteiger partial charge in [-0.25, -0.2) is 4.98 Å². The van der Waals surface area contributed by atoms with Gasteiger partial charge in [-0.15, -0.1) is 0 Å². The van der Waals surface area contributed by atoms with E-state index in [2.05, 4.69) is 36.7 Å². The number of benzene rings is 2. The van der Waals surface area contributed by atoms with Crippen molar-refractivity contribution in [3.63, 3.8) is 0 Å². The molecule has 1 amide bonds. The molecule has 1 aliphatic rings. The first-order valence-corrected chi connectivity index (χ1v) is 10.5. The van der Waals surface area contributed by atoms with Gasteiger partial charge in [0.15, 0.2) is 0 Å². The molecule has 2 heterocycles. The van der Waals surface area contributed by atoms with Gasteiger partial charge in [-0.2, -0.15) is 5.26 Å². The van der Waals surface area contributed by atoms with Gasteiger partial charge in [-0.1, -0.05) is 6.07 Å². The maximum Gasteiger partial charge on any atom is 0.272 e. The van der Waals surface area contributed by atoms with Gasteiger partial charge < -0.3 is 9.64 Å². The molecular formula is C25H26N4O2. The number of carbonyl (C=O) groups is 1. The molecule has 31 heavy (non-hydrogen) atoms. The molecule has 0 aliphatic carbocycles. The number of amides is 1. The number of aromatic nitrogens is 1. The Bertz CT molecular complexity index is 1130. The summed E-state index contributed by atoms with van der Waals surface area (Å²) in [6.45, 7) is 9.79. The van der Waals surface area contributed by atoms with Gasteiger partial charge in [0.05, 0.1) is 17.1 Å². The van der Waals surface area contributed by atoms with Crippen LogP contribution in [0.2, 0.25) is 0 Å². The molecule has 3 aromatic rings. The van der Waals surface area contributed by atoms with Crippen LogP contribution in [0.15, 0.2) is 54.6 Å². The van der Waals surface area contributed by atoms with Crippen LogP contribution in [0, 0.1) is 11.3 Å². The molecule has 0 bridgehead atoms. The molecule has 1 saturated heterocycles. The van der Waals surface area contributed by atoms with E-state index in [0.717, 1.165) is 24.0 Å². The highest BCUT2D eigenvalue weighted by Gasteiger charge is 2.28. The van der Waals surface area contributed by atoms with E-state index in [1.54, 1.807) is 30.3 Å². The van der Waals surface area contributed by atoms with E-state index >= 15 is 0 Å². The molecule has 6 heteroatoms. The molecule has 0 radical (unpaired) electrons. The Hall–Kier alpha value is -3.43. The van der Waals surface area contributed by atoms with Crippen molar-refractivity contribution in [2.45, 2.75) is 26.3 Å². The third-order valence-electron chi connectivity index (χ3n) is 5.61. The predicted octanol–water partition coefficient (Wildman–Crippen LogP) is 4.46. The number of rotatable bonds is 3. The maximum atomic E-state index is 13.0. The minimum atomic E-state index is -0.0200. The van der Waals surface area contributed by atoms with Crippen LogP contribution in [0.5, 0.6) is 11.5 Å². The Labute approximate surface area is 182 Å². The van der Waals surface area contributed by atoms with Crippen LogP contribution in [0.4, 0.5) is 0 Å². The van der Waals surface area contributed by atoms with Gasteiger partial charge in [0.2, 0.25) is 0 Å². The van der Waals surface area contributed by atoms with Crippen LogP contribution in [-0.2, 0) is 0 Å². The molecule has 158 valence electrons. The van der Waals surface area contributed by atoms with E-state index in [0.29, 0.717) is 35.8 Å². The van der Waals surface area contributed by atoms with E-state index in [-0.39, 0.29) is 11.4 Å². The van der Waals surface area contributed by atoms with Gasteiger partial charge >= 0.3 is 0 Å². The first-order valence-electron chi connectivity index (χ1n) is 10.5. The number of carbonyl (C=O) groups excluding carboxylic acids is 1. The third kappa shape index (κ3) is 4.68. The number of pyridine rings is 1. The highest BCUT2D eigenvalue weighted by molar-refractivity contribution is 5.95. The summed E-state index contributed by atoms with van der Waals surface area (Å²) in [5.74, 6) is 1.32. The van der Waals surface area contributed by atoms with E-state index in [4.69, 9.17) is 10.00 Å². The minimum absolute atomic E-state index is 0.0200. The van der Waals surface area contributed by atoms with Crippen LogP contribution in [0.25, 0.3) is 10.9 Å². The summed E-state index contributed by atoms with van der Waals surface area (Å²) < 4.78 is 5.88. The number of ether oxygens (including phenoxy) is 1. The fourth-order valence-electron chi connectivity index (χ4n) is 3.76. The Morgan fingerprint density at radius 1 is 0.968 bits per heavy atom. The number of hydrogen-bond acceptors (Lipinski definition) is 5. The van der Waals surface area contributed by atoms with Crippen LogP contribution < -0.4 is 4.74 Å². The van der Waals surface area contributed by atoms with Crippen LogP contribution in [-0.4, -0.2) is 52.4 Å². The average molecular weight is 415 g/mol. The lowest BCUT2D eigenvalue weighted by Gasteiger charge is -2.42. The Morgan fingerprint density at radius 2 is 1.65 bits per heavy atom. The van der Waals surface area contributed by atoms with Crippen molar-refractivity contribution in [1.82, 2.24) is 14.8 Å². The molecule has 1 fully saturated rings. The first-order chi connectivity index (χ1) is 14.8. The van der Waals surface area contributed by atoms with Crippen LogP contribution in [0.1, 0.15) is 36.8 Å². The molecule has 1 aromatic heterocycles. The van der Waals surface area contributed by atoms with E-state index < -0.39 is 0 Å². The molecule has 0 unspecified atom stereocenters. The Morgan fingerprint density at radius 3 is 2.29 bits per heavy atom. The summed E-state index contributed by atoms with van der Waals surface area (Å²) in [7, 11) is 0. The lowest BCUT2D eigenvalue weighted by atomic mass is 10.0. The molecule has 2 aromatic carbocycles. The summed E-state index contributed by atoms with van der Waals surface area (Å²) in [5.41, 5.74) is 1.93. The van der Waals surface area contributed by atoms with E-state index in [1.807, 2.05) is 29.2 Å². The Kier molecular flexibility index (Phi) is 5.62. The monoisotopic (exact) mass is 414 g/mol. The summed E-state index contributed by atoms with van der Waals surface area (Å²) in [6, 6.07) is 18.4. The largest absolute Gasteiger partial charge is 0.457 e. The number of hydrogen-bond donors (Lipinski definition) is 0. The topological polar surface area (TPSA) is 69.5 Å².